The Morgan fingerprint density at radius 2 is 1.52 bits per heavy atom. The van der Waals surface area contributed by atoms with E-state index in [-0.39, 0.29) is 4.90 Å². The van der Waals surface area contributed by atoms with Gasteiger partial charge in [0.2, 0.25) is 15.9 Å². The number of aromatic nitrogens is 1. The molecule has 1 heterocycles. The number of benzene rings is 2. The summed E-state index contributed by atoms with van der Waals surface area (Å²) in [4.78, 5) is 16.5. The van der Waals surface area contributed by atoms with Crippen LogP contribution in [-0.4, -0.2) is 25.4 Å². The van der Waals surface area contributed by atoms with Crippen LogP contribution >= 0.6 is 0 Å². The molecule has 0 saturated heterocycles. The van der Waals surface area contributed by atoms with Crippen LogP contribution in [0.15, 0.2) is 78.0 Å². The SMILES string of the molecule is Cc1ccc(S(=O)(=O)N[C@H](C)C(=O)Nc2ccc(Cc3ccncc3)cc2)cc1. The Labute approximate surface area is 171 Å². The number of amides is 1. The van der Waals surface area contributed by atoms with Crippen LogP contribution in [0.3, 0.4) is 0 Å². The summed E-state index contributed by atoms with van der Waals surface area (Å²) in [6.07, 6.45) is 4.27. The molecule has 3 rings (SSSR count). The fourth-order valence-corrected chi connectivity index (χ4v) is 3.97. The molecule has 6 nitrogen and oxygen atoms in total. The van der Waals surface area contributed by atoms with Crippen molar-refractivity contribution in [3.05, 3.63) is 89.7 Å². The van der Waals surface area contributed by atoms with Crippen LogP contribution < -0.4 is 10.0 Å². The second kappa shape index (κ2) is 8.98. The van der Waals surface area contributed by atoms with Gasteiger partial charge in [-0.2, -0.15) is 4.72 Å². The van der Waals surface area contributed by atoms with Gasteiger partial charge in [0.25, 0.3) is 0 Å². The van der Waals surface area contributed by atoms with Crippen LogP contribution in [0, 0.1) is 6.92 Å². The Bertz CT molecular complexity index is 1060. The number of rotatable bonds is 7. The van der Waals surface area contributed by atoms with Crippen molar-refractivity contribution in [3.63, 3.8) is 0 Å². The first-order chi connectivity index (χ1) is 13.8. The van der Waals surface area contributed by atoms with E-state index in [1.807, 2.05) is 31.2 Å². The van der Waals surface area contributed by atoms with Crippen LogP contribution in [0.25, 0.3) is 0 Å². The molecule has 29 heavy (non-hydrogen) atoms. The van der Waals surface area contributed by atoms with Gasteiger partial charge in [0.1, 0.15) is 0 Å². The van der Waals surface area contributed by atoms with Crippen molar-refractivity contribution in [1.29, 1.82) is 0 Å². The van der Waals surface area contributed by atoms with Gasteiger partial charge >= 0.3 is 0 Å². The van der Waals surface area contributed by atoms with E-state index in [1.54, 1.807) is 36.7 Å². The van der Waals surface area contributed by atoms with Gasteiger partial charge in [-0.05, 0) is 67.8 Å². The summed E-state index contributed by atoms with van der Waals surface area (Å²) >= 11 is 0. The van der Waals surface area contributed by atoms with Crippen LogP contribution in [0.2, 0.25) is 0 Å². The van der Waals surface area contributed by atoms with Crippen LogP contribution in [0.4, 0.5) is 5.69 Å². The molecule has 1 atom stereocenters. The number of pyridine rings is 1. The highest BCUT2D eigenvalue weighted by molar-refractivity contribution is 7.89. The lowest BCUT2D eigenvalue weighted by Gasteiger charge is -2.15. The Kier molecular flexibility index (Phi) is 6.41. The number of hydrogen-bond donors (Lipinski definition) is 2. The first-order valence-electron chi connectivity index (χ1n) is 9.21. The zero-order valence-electron chi connectivity index (χ0n) is 16.3. The number of anilines is 1. The number of nitrogens with zero attached hydrogens (tertiary/aromatic N) is 1. The average Bonchev–Trinajstić information content (AvgIpc) is 2.70. The van der Waals surface area contributed by atoms with Gasteiger partial charge in [-0.1, -0.05) is 29.8 Å². The number of sulfonamides is 1. The lowest BCUT2D eigenvalue weighted by atomic mass is 10.1. The van der Waals surface area contributed by atoms with Crippen molar-refractivity contribution in [2.75, 3.05) is 5.32 Å². The molecule has 0 aliphatic carbocycles. The summed E-state index contributed by atoms with van der Waals surface area (Å²) in [7, 11) is -3.77. The van der Waals surface area contributed by atoms with Crippen LogP contribution in [0.5, 0.6) is 0 Å². The van der Waals surface area contributed by atoms with Gasteiger partial charge in [-0.25, -0.2) is 8.42 Å². The summed E-state index contributed by atoms with van der Waals surface area (Å²) in [5.41, 5.74) is 3.82. The molecule has 150 valence electrons. The second-order valence-electron chi connectivity index (χ2n) is 6.87. The molecule has 0 unspecified atom stereocenters. The fraction of sp³-hybridized carbons (Fsp3) is 0.182. The highest BCUT2D eigenvalue weighted by Gasteiger charge is 2.22. The van der Waals surface area contributed by atoms with E-state index in [9.17, 15) is 13.2 Å². The zero-order valence-corrected chi connectivity index (χ0v) is 17.1. The molecule has 0 saturated carbocycles. The van der Waals surface area contributed by atoms with Crippen molar-refractivity contribution in [2.45, 2.75) is 31.2 Å². The molecular formula is C22H23N3O3S. The number of hydrogen-bond acceptors (Lipinski definition) is 4. The van der Waals surface area contributed by atoms with Gasteiger partial charge in [-0.3, -0.25) is 9.78 Å². The quantitative estimate of drug-likeness (QED) is 0.627. The van der Waals surface area contributed by atoms with E-state index >= 15 is 0 Å². The molecule has 0 aliphatic rings. The van der Waals surface area contributed by atoms with Crippen molar-refractivity contribution in [3.8, 4) is 0 Å². The monoisotopic (exact) mass is 409 g/mol. The molecule has 2 aromatic carbocycles. The number of aryl methyl sites for hydroxylation is 1. The minimum Gasteiger partial charge on any atom is -0.325 e. The van der Waals surface area contributed by atoms with E-state index in [0.717, 1.165) is 23.1 Å². The van der Waals surface area contributed by atoms with Crippen molar-refractivity contribution in [1.82, 2.24) is 9.71 Å². The molecule has 1 aromatic heterocycles. The molecule has 0 spiro atoms. The van der Waals surface area contributed by atoms with Crippen LogP contribution in [0.1, 0.15) is 23.6 Å². The first-order valence-corrected chi connectivity index (χ1v) is 10.7. The minimum absolute atomic E-state index is 0.128. The van der Waals surface area contributed by atoms with E-state index in [1.165, 1.54) is 19.1 Å². The largest absolute Gasteiger partial charge is 0.325 e. The van der Waals surface area contributed by atoms with Crippen molar-refractivity contribution in [2.24, 2.45) is 0 Å². The normalized spacial score (nSPS) is 12.3. The third-order valence-corrected chi connectivity index (χ3v) is 5.99. The molecule has 1 amide bonds. The summed E-state index contributed by atoms with van der Waals surface area (Å²) < 4.78 is 27.3. The van der Waals surface area contributed by atoms with Gasteiger partial charge in [0, 0.05) is 18.1 Å². The molecule has 3 aromatic rings. The number of nitrogens with one attached hydrogen (secondary N) is 2. The van der Waals surface area contributed by atoms with E-state index in [2.05, 4.69) is 15.0 Å². The predicted molar refractivity (Wildman–Crippen MR) is 113 cm³/mol. The Balaban J connectivity index is 1.59. The lowest BCUT2D eigenvalue weighted by Crippen LogP contribution is -2.41. The third-order valence-electron chi connectivity index (χ3n) is 4.44. The van der Waals surface area contributed by atoms with Gasteiger partial charge in [0.05, 0.1) is 10.9 Å². The highest BCUT2D eigenvalue weighted by atomic mass is 32.2. The molecule has 0 aliphatic heterocycles. The van der Waals surface area contributed by atoms with Gasteiger partial charge in [0.15, 0.2) is 0 Å². The topological polar surface area (TPSA) is 88.2 Å². The Morgan fingerprint density at radius 3 is 2.14 bits per heavy atom. The van der Waals surface area contributed by atoms with Gasteiger partial charge in [-0.15, -0.1) is 0 Å². The van der Waals surface area contributed by atoms with Crippen molar-refractivity contribution < 1.29 is 13.2 Å². The Hall–Kier alpha value is -3.03. The minimum atomic E-state index is -3.77. The molecule has 7 heteroatoms. The second-order valence-corrected chi connectivity index (χ2v) is 8.59. The first kappa shape index (κ1) is 20.7. The van der Waals surface area contributed by atoms with E-state index in [4.69, 9.17) is 0 Å². The molecule has 0 radical (unpaired) electrons. The predicted octanol–water partition coefficient (Wildman–Crippen LogP) is 3.29. The van der Waals surface area contributed by atoms with Crippen LogP contribution in [-0.2, 0) is 21.2 Å². The highest BCUT2D eigenvalue weighted by Crippen LogP contribution is 2.14. The van der Waals surface area contributed by atoms with Gasteiger partial charge < -0.3 is 5.32 Å². The molecule has 0 bridgehead atoms. The zero-order chi connectivity index (χ0) is 20.9. The van der Waals surface area contributed by atoms with Crippen molar-refractivity contribution >= 4 is 21.6 Å². The van der Waals surface area contributed by atoms with E-state index < -0.39 is 22.0 Å². The third kappa shape index (κ3) is 5.73. The summed E-state index contributed by atoms with van der Waals surface area (Å²) in [6.45, 7) is 3.39. The molecular weight excluding hydrogens is 386 g/mol. The maximum absolute atomic E-state index is 12.4. The Morgan fingerprint density at radius 1 is 0.931 bits per heavy atom. The molecule has 0 fully saturated rings. The number of carbonyl (C=O) groups is 1. The summed E-state index contributed by atoms with van der Waals surface area (Å²) in [6, 6.07) is 16.9. The number of carbonyl (C=O) groups excluding carboxylic acids is 1. The smallest absolute Gasteiger partial charge is 0.242 e. The van der Waals surface area contributed by atoms with E-state index in [0.29, 0.717) is 5.69 Å². The molecule has 2 N–H and O–H groups in total. The fourth-order valence-electron chi connectivity index (χ4n) is 2.76. The maximum atomic E-state index is 12.4. The average molecular weight is 410 g/mol. The lowest BCUT2D eigenvalue weighted by molar-refractivity contribution is -0.117. The standard InChI is InChI=1S/C22H23N3O3S/c1-16-3-9-21(10-4-16)29(27,28)25-17(2)22(26)24-20-7-5-18(6-8-20)15-19-11-13-23-14-12-19/h3-14,17,25H,15H2,1-2H3,(H,24,26)/t17-/m1/s1. The maximum Gasteiger partial charge on any atom is 0.242 e. The summed E-state index contributed by atoms with van der Waals surface area (Å²) in [5.74, 6) is -0.428. The summed E-state index contributed by atoms with van der Waals surface area (Å²) in [5, 5.41) is 2.74.